The number of amides is 1. The number of ether oxygens (including phenoxy) is 1. The molecule has 0 saturated carbocycles. The topological polar surface area (TPSA) is 42.2 Å². The number of nitrogens with zero attached hydrogens (tertiary/aromatic N) is 1. The molecule has 0 bridgehead atoms. The van der Waals surface area contributed by atoms with E-state index >= 15 is 0 Å². The summed E-state index contributed by atoms with van der Waals surface area (Å²) in [5.41, 5.74) is 4.03. The van der Waals surface area contributed by atoms with Gasteiger partial charge < -0.3 is 27.0 Å². The van der Waals surface area contributed by atoms with Crippen LogP contribution in [0.25, 0.3) is 0 Å². The minimum absolute atomic E-state index is 0. The number of benzene rings is 2. The van der Waals surface area contributed by atoms with Crippen LogP contribution in [0.4, 0.5) is 5.69 Å². The van der Waals surface area contributed by atoms with Crippen LogP contribution < -0.4 is 31.6 Å². The second-order valence-electron chi connectivity index (χ2n) is 12.7. The first-order valence-corrected chi connectivity index (χ1v) is 16.4. The number of anilines is 1. The molecule has 236 valence electrons. The molecular formula is C38H55BrN2O2. The smallest absolute Gasteiger partial charge is 0.228 e. The Hall–Kier alpha value is -2.66. The van der Waals surface area contributed by atoms with Crippen LogP contribution in [0.15, 0.2) is 73.1 Å². The number of carbonyl (C=O) groups is 1. The van der Waals surface area contributed by atoms with Crippen molar-refractivity contribution in [1.29, 1.82) is 0 Å². The van der Waals surface area contributed by atoms with Gasteiger partial charge in [0, 0.05) is 17.7 Å². The molecule has 43 heavy (non-hydrogen) atoms. The normalized spacial score (nSPS) is 11.2. The fourth-order valence-corrected chi connectivity index (χ4v) is 5.42. The average molecular weight is 652 g/mol. The summed E-state index contributed by atoms with van der Waals surface area (Å²) >= 11 is 0. The van der Waals surface area contributed by atoms with E-state index in [1.54, 1.807) is 0 Å². The zero-order chi connectivity index (χ0) is 30.0. The predicted octanol–water partition coefficient (Wildman–Crippen LogP) is 6.59. The molecule has 0 aliphatic carbocycles. The molecule has 5 heteroatoms. The van der Waals surface area contributed by atoms with Gasteiger partial charge in [0.25, 0.3) is 0 Å². The monoisotopic (exact) mass is 650 g/mol. The molecule has 0 atom stereocenters. The number of halogens is 1. The van der Waals surface area contributed by atoms with Gasteiger partial charge in [0.2, 0.25) is 5.91 Å². The molecule has 1 heterocycles. The summed E-state index contributed by atoms with van der Waals surface area (Å²) in [6, 6.07) is 20.3. The molecule has 1 N–H and O–H groups in total. The van der Waals surface area contributed by atoms with Crippen molar-refractivity contribution in [3.63, 3.8) is 0 Å². The maximum atomic E-state index is 13.1. The quantitative estimate of drug-likeness (QED) is 0.118. The summed E-state index contributed by atoms with van der Waals surface area (Å²) in [7, 11) is 0. The number of pyridine rings is 1. The highest BCUT2D eigenvalue weighted by molar-refractivity contribution is 5.93. The summed E-state index contributed by atoms with van der Waals surface area (Å²) in [5.74, 6) is 0.936. The van der Waals surface area contributed by atoms with Crippen LogP contribution in [0.3, 0.4) is 0 Å². The van der Waals surface area contributed by atoms with Gasteiger partial charge in [-0.05, 0) is 35.1 Å². The van der Waals surface area contributed by atoms with Gasteiger partial charge in [-0.15, -0.1) is 0 Å². The standard InChI is InChI=1S/C38H54N2O2.BrH/c1-5-6-7-8-9-10-11-12-13-14-15-21-28-42-36-25-24-32(29-34(36)38(2,3)4)30-37(41)39-35-23-18-17-22-33(35)31-40-26-19-16-20-27-40;/h16-20,22-27,29H,5-15,21,28,30-31H2,1-4H3;1H. The molecular weight excluding hydrogens is 596 g/mol. The Bertz CT molecular complexity index is 1190. The number of para-hydroxylation sites is 1. The Kier molecular flexibility index (Phi) is 17.3. The van der Waals surface area contributed by atoms with Crippen LogP contribution in [0.5, 0.6) is 5.75 Å². The van der Waals surface area contributed by atoms with Crippen molar-refractivity contribution < 1.29 is 31.1 Å². The summed E-state index contributed by atoms with van der Waals surface area (Å²) in [6.45, 7) is 10.4. The Morgan fingerprint density at radius 3 is 2.00 bits per heavy atom. The Labute approximate surface area is 272 Å². The lowest BCUT2D eigenvalue weighted by Gasteiger charge is -2.24. The molecule has 0 spiro atoms. The maximum Gasteiger partial charge on any atom is 0.228 e. The third-order valence-corrected chi connectivity index (χ3v) is 7.89. The van der Waals surface area contributed by atoms with Crippen LogP contribution in [0, 0.1) is 0 Å². The van der Waals surface area contributed by atoms with E-state index in [0.29, 0.717) is 13.0 Å². The molecule has 1 amide bonds. The first-order valence-electron chi connectivity index (χ1n) is 16.4. The molecule has 1 aromatic heterocycles. The molecule has 0 saturated heterocycles. The van der Waals surface area contributed by atoms with Gasteiger partial charge in [-0.2, -0.15) is 0 Å². The van der Waals surface area contributed by atoms with Crippen molar-refractivity contribution in [2.24, 2.45) is 0 Å². The lowest BCUT2D eigenvalue weighted by atomic mass is 9.85. The number of rotatable bonds is 19. The molecule has 3 aromatic rings. The van der Waals surface area contributed by atoms with Crippen LogP contribution >= 0.6 is 0 Å². The summed E-state index contributed by atoms with van der Waals surface area (Å²) in [6.07, 6.45) is 20.5. The highest BCUT2D eigenvalue weighted by Gasteiger charge is 2.20. The highest BCUT2D eigenvalue weighted by Crippen LogP contribution is 2.33. The zero-order valence-corrected chi connectivity index (χ0v) is 28.8. The summed E-state index contributed by atoms with van der Waals surface area (Å²) in [4.78, 5) is 13.1. The molecule has 0 aliphatic heterocycles. The van der Waals surface area contributed by atoms with E-state index in [2.05, 4.69) is 55.8 Å². The molecule has 0 fully saturated rings. The Morgan fingerprint density at radius 1 is 0.767 bits per heavy atom. The second-order valence-corrected chi connectivity index (χ2v) is 12.7. The Morgan fingerprint density at radius 2 is 1.37 bits per heavy atom. The van der Waals surface area contributed by atoms with Crippen LogP contribution in [-0.4, -0.2) is 12.5 Å². The third kappa shape index (κ3) is 14.1. The third-order valence-electron chi connectivity index (χ3n) is 7.89. The Balaban J connectivity index is 0.00000645. The lowest BCUT2D eigenvalue weighted by Crippen LogP contribution is -3.00. The highest BCUT2D eigenvalue weighted by atomic mass is 79.9. The van der Waals surface area contributed by atoms with E-state index in [0.717, 1.165) is 41.2 Å². The van der Waals surface area contributed by atoms with Crippen LogP contribution in [0.1, 0.15) is 121 Å². The second kappa shape index (κ2) is 20.3. The largest absolute Gasteiger partial charge is 1.00 e. The van der Waals surface area contributed by atoms with Gasteiger partial charge in [-0.3, -0.25) is 4.79 Å². The zero-order valence-electron chi connectivity index (χ0n) is 27.2. The first-order chi connectivity index (χ1) is 20.4. The van der Waals surface area contributed by atoms with Gasteiger partial charge in [0.1, 0.15) is 5.75 Å². The first kappa shape index (κ1) is 36.5. The molecule has 2 aromatic carbocycles. The summed E-state index contributed by atoms with van der Waals surface area (Å²) < 4.78 is 8.39. The fourth-order valence-electron chi connectivity index (χ4n) is 5.42. The van der Waals surface area contributed by atoms with E-state index in [-0.39, 0.29) is 28.3 Å². The fraction of sp³-hybridized carbons (Fsp3) is 0.526. The van der Waals surface area contributed by atoms with Gasteiger partial charge >= 0.3 is 0 Å². The van der Waals surface area contributed by atoms with E-state index in [1.807, 2.05) is 54.9 Å². The number of aromatic nitrogens is 1. The summed E-state index contributed by atoms with van der Waals surface area (Å²) in [5, 5.41) is 3.15. The molecule has 0 unspecified atom stereocenters. The number of carbonyl (C=O) groups excluding carboxylic acids is 1. The van der Waals surface area contributed by atoms with Crippen molar-refractivity contribution >= 4 is 11.6 Å². The molecule has 4 nitrogen and oxygen atoms in total. The number of hydrogen-bond donors (Lipinski definition) is 1. The van der Waals surface area contributed by atoms with Crippen LogP contribution in [0.2, 0.25) is 0 Å². The van der Waals surface area contributed by atoms with Crippen molar-refractivity contribution in [3.8, 4) is 5.75 Å². The molecule has 3 rings (SSSR count). The average Bonchev–Trinajstić information content (AvgIpc) is 2.97. The van der Waals surface area contributed by atoms with E-state index < -0.39 is 0 Å². The number of nitrogens with one attached hydrogen (secondary N) is 1. The van der Waals surface area contributed by atoms with Gasteiger partial charge in [0.15, 0.2) is 18.9 Å². The number of hydrogen-bond acceptors (Lipinski definition) is 2. The number of unbranched alkanes of at least 4 members (excludes halogenated alkanes) is 11. The van der Waals surface area contributed by atoms with E-state index in [4.69, 9.17) is 4.74 Å². The lowest BCUT2D eigenvalue weighted by molar-refractivity contribution is -0.688. The van der Waals surface area contributed by atoms with Gasteiger partial charge in [-0.1, -0.05) is 135 Å². The predicted molar refractivity (Wildman–Crippen MR) is 176 cm³/mol. The SMILES string of the molecule is CCCCCCCCCCCCCCOc1ccc(CC(=O)Nc2ccccc2C[n+]2ccccc2)cc1C(C)(C)C.[Br-]. The van der Waals surface area contributed by atoms with E-state index in [1.165, 1.54) is 70.6 Å². The van der Waals surface area contributed by atoms with Crippen LogP contribution in [-0.2, 0) is 23.2 Å². The van der Waals surface area contributed by atoms with E-state index in [9.17, 15) is 4.79 Å². The van der Waals surface area contributed by atoms with Gasteiger partial charge in [-0.25, -0.2) is 4.57 Å². The minimum Gasteiger partial charge on any atom is -1.00 e. The van der Waals surface area contributed by atoms with Gasteiger partial charge in [0.05, 0.1) is 18.7 Å². The van der Waals surface area contributed by atoms with Crippen molar-refractivity contribution in [1.82, 2.24) is 0 Å². The van der Waals surface area contributed by atoms with Crippen molar-refractivity contribution in [2.75, 3.05) is 11.9 Å². The minimum atomic E-state index is -0.0716. The van der Waals surface area contributed by atoms with Crippen molar-refractivity contribution in [3.05, 3.63) is 89.7 Å². The molecule has 0 aliphatic rings. The van der Waals surface area contributed by atoms with Crippen molar-refractivity contribution in [2.45, 2.75) is 123 Å². The maximum absolute atomic E-state index is 13.1. The molecule has 0 radical (unpaired) electrons.